The summed E-state index contributed by atoms with van der Waals surface area (Å²) in [6.07, 6.45) is 6.64. The molecule has 1 N–H and O–H groups in total. The van der Waals surface area contributed by atoms with Gasteiger partial charge in [0.05, 0.1) is 12.0 Å². The van der Waals surface area contributed by atoms with Crippen LogP contribution in [0.1, 0.15) is 15.9 Å². The first-order valence-electron chi connectivity index (χ1n) is 8.81. The van der Waals surface area contributed by atoms with Crippen molar-refractivity contribution in [3.05, 3.63) is 99.9 Å². The molecule has 144 valence electrons. The third kappa shape index (κ3) is 3.97. The van der Waals surface area contributed by atoms with E-state index in [-0.39, 0.29) is 5.56 Å². The van der Waals surface area contributed by atoms with Gasteiger partial charge in [0.1, 0.15) is 0 Å². The van der Waals surface area contributed by atoms with Crippen LogP contribution < -0.4 is 10.9 Å². The minimum atomic E-state index is -0.393. The van der Waals surface area contributed by atoms with Crippen LogP contribution in [0.2, 0.25) is 5.02 Å². The molecule has 0 saturated heterocycles. The molecule has 4 aromatic rings. The average molecular weight is 406 g/mol. The number of hydrogen-bond donors (Lipinski definition) is 1. The predicted molar refractivity (Wildman–Crippen MR) is 112 cm³/mol. The van der Waals surface area contributed by atoms with Gasteiger partial charge in [-0.1, -0.05) is 11.6 Å². The maximum absolute atomic E-state index is 12.5. The van der Waals surface area contributed by atoms with Crippen LogP contribution in [-0.4, -0.2) is 15.5 Å². The second-order valence-corrected chi connectivity index (χ2v) is 6.88. The molecule has 0 fully saturated rings. The van der Waals surface area contributed by atoms with E-state index in [0.29, 0.717) is 22.2 Å². The summed E-state index contributed by atoms with van der Waals surface area (Å²) in [6.45, 7) is 1.98. The summed E-state index contributed by atoms with van der Waals surface area (Å²) in [6, 6.07) is 13.2. The number of furan rings is 1. The van der Waals surface area contributed by atoms with E-state index >= 15 is 0 Å². The monoisotopic (exact) mass is 405 g/mol. The van der Waals surface area contributed by atoms with E-state index in [1.807, 2.05) is 13.0 Å². The highest BCUT2D eigenvalue weighted by molar-refractivity contribution is 6.31. The molecule has 0 atom stereocenters. The number of carbonyl (C=O) groups is 1. The number of nitrogens with zero attached hydrogens (tertiary/aromatic N) is 2. The van der Waals surface area contributed by atoms with E-state index < -0.39 is 5.91 Å². The number of carbonyl (C=O) groups excluding carboxylic acids is 1. The molecule has 0 aliphatic carbocycles. The van der Waals surface area contributed by atoms with Crippen LogP contribution in [0.5, 0.6) is 0 Å². The zero-order valence-electron chi connectivity index (χ0n) is 15.4. The smallest absolute Gasteiger partial charge is 0.258 e. The molecule has 3 aromatic heterocycles. The van der Waals surface area contributed by atoms with Gasteiger partial charge in [0.2, 0.25) is 0 Å². The van der Waals surface area contributed by atoms with Crippen molar-refractivity contribution in [2.45, 2.75) is 6.92 Å². The summed E-state index contributed by atoms with van der Waals surface area (Å²) >= 11 is 6.23. The van der Waals surface area contributed by atoms with Gasteiger partial charge in [-0.2, -0.15) is 0 Å². The van der Waals surface area contributed by atoms with Crippen molar-refractivity contribution in [1.29, 1.82) is 0 Å². The number of benzene rings is 1. The molecule has 0 saturated carbocycles. The first kappa shape index (κ1) is 18.7. The zero-order valence-corrected chi connectivity index (χ0v) is 16.2. The van der Waals surface area contributed by atoms with E-state index in [2.05, 4.69) is 10.3 Å². The molecule has 29 heavy (non-hydrogen) atoms. The second kappa shape index (κ2) is 7.77. The first-order valence-corrected chi connectivity index (χ1v) is 9.18. The summed E-state index contributed by atoms with van der Waals surface area (Å²) in [5, 5.41) is 2.98. The van der Waals surface area contributed by atoms with Crippen molar-refractivity contribution in [3.8, 4) is 16.8 Å². The van der Waals surface area contributed by atoms with Crippen molar-refractivity contribution < 1.29 is 9.21 Å². The van der Waals surface area contributed by atoms with Crippen LogP contribution in [0, 0.1) is 6.92 Å². The van der Waals surface area contributed by atoms with E-state index in [4.69, 9.17) is 16.0 Å². The summed E-state index contributed by atoms with van der Waals surface area (Å²) in [4.78, 5) is 29.2. The van der Waals surface area contributed by atoms with Crippen molar-refractivity contribution >= 4 is 23.4 Å². The fourth-order valence-electron chi connectivity index (χ4n) is 2.99. The maximum atomic E-state index is 12.5. The lowest BCUT2D eigenvalue weighted by Crippen LogP contribution is -2.18. The Labute approximate surface area is 171 Å². The standard InChI is InChI=1S/C22H16ClN3O3/c1-14-6-7-24-12-19(14)15-4-5-21(27)26(13-15)18-10-16(9-17(23)11-18)22(28)25-20-3-2-8-29-20/h2-13H,1H3,(H,25,28). The van der Waals surface area contributed by atoms with Crippen molar-refractivity contribution in [2.75, 3.05) is 5.32 Å². The molecule has 0 aliphatic rings. The number of pyridine rings is 2. The lowest BCUT2D eigenvalue weighted by atomic mass is 10.1. The minimum Gasteiger partial charge on any atom is -0.449 e. The molecule has 1 aromatic carbocycles. The molecule has 3 heterocycles. The van der Waals surface area contributed by atoms with Crippen LogP contribution in [0.3, 0.4) is 0 Å². The second-order valence-electron chi connectivity index (χ2n) is 6.45. The quantitative estimate of drug-likeness (QED) is 0.533. The Bertz CT molecular complexity index is 1250. The largest absolute Gasteiger partial charge is 0.449 e. The van der Waals surface area contributed by atoms with Crippen LogP contribution in [0.4, 0.5) is 5.88 Å². The molecule has 0 unspecified atom stereocenters. The van der Waals surface area contributed by atoms with Gasteiger partial charge >= 0.3 is 0 Å². The highest BCUT2D eigenvalue weighted by atomic mass is 35.5. The molecule has 7 heteroatoms. The number of nitrogens with one attached hydrogen (secondary N) is 1. The van der Waals surface area contributed by atoms with Gasteiger partial charge in [0, 0.05) is 52.4 Å². The first-order chi connectivity index (χ1) is 14.0. The van der Waals surface area contributed by atoms with Gasteiger partial charge in [0.25, 0.3) is 11.5 Å². The summed E-state index contributed by atoms with van der Waals surface area (Å²) < 4.78 is 6.60. The van der Waals surface area contributed by atoms with Gasteiger partial charge in [-0.05, 0) is 48.9 Å². The van der Waals surface area contributed by atoms with E-state index in [0.717, 1.165) is 16.7 Å². The number of amides is 1. The Morgan fingerprint density at radius 3 is 2.79 bits per heavy atom. The fraction of sp³-hybridized carbons (Fsp3) is 0.0455. The third-order valence-corrected chi connectivity index (χ3v) is 4.66. The third-order valence-electron chi connectivity index (χ3n) is 4.44. The number of aromatic nitrogens is 2. The van der Waals surface area contributed by atoms with Crippen molar-refractivity contribution in [2.24, 2.45) is 0 Å². The molecule has 1 amide bonds. The molecule has 0 bridgehead atoms. The van der Waals surface area contributed by atoms with Gasteiger partial charge in [0.15, 0.2) is 5.88 Å². The lowest BCUT2D eigenvalue weighted by Gasteiger charge is -2.12. The Morgan fingerprint density at radius 2 is 2.03 bits per heavy atom. The van der Waals surface area contributed by atoms with Gasteiger partial charge in [-0.25, -0.2) is 0 Å². The highest BCUT2D eigenvalue weighted by Gasteiger charge is 2.12. The number of aryl methyl sites for hydroxylation is 1. The van der Waals surface area contributed by atoms with Crippen LogP contribution in [-0.2, 0) is 0 Å². The Hall–Kier alpha value is -3.64. The zero-order chi connectivity index (χ0) is 20.4. The Morgan fingerprint density at radius 1 is 1.17 bits per heavy atom. The maximum Gasteiger partial charge on any atom is 0.258 e. The SMILES string of the molecule is Cc1ccncc1-c1ccc(=O)n(-c2cc(Cl)cc(C(=O)Nc3ccco3)c2)c1. The summed E-state index contributed by atoms with van der Waals surface area (Å²) in [7, 11) is 0. The fourth-order valence-corrected chi connectivity index (χ4v) is 3.22. The summed E-state index contributed by atoms with van der Waals surface area (Å²) in [5.41, 5.74) is 3.33. The lowest BCUT2D eigenvalue weighted by molar-refractivity contribution is 0.102. The van der Waals surface area contributed by atoms with Gasteiger partial charge in [-0.3, -0.25) is 24.5 Å². The highest BCUT2D eigenvalue weighted by Crippen LogP contribution is 2.24. The molecule has 4 rings (SSSR count). The molecular formula is C22H16ClN3O3. The number of halogens is 1. The van der Waals surface area contributed by atoms with E-state index in [1.54, 1.807) is 48.9 Å². The van der Waals surface area contributed by atoms with Crippen LogP contribution in [0.15, 0.2) is 82.6 Å². The van der Waals surface area contributed by atoms with Gasteiger partial charge < -0.3 is 4.42 Å². The summed E-state index contributed by atoms with van der Waals surface area (Å²) in [5.74, 6) is -0.0706. The van der Waals surface area contributed by atoms with Crippen molar-refractivity contribution in [3.63, 3.8) is 0 Å². The van der Waals surface area contributed by atoms with Crippen LogP contribution in [0.25, 0.3) is 16.8 Å². The van der Waals surface area contributed by atoms with Crippen molar-refractivity contribution in [1.82, 2.24) is 9.55 Å². The molecule has 0 aliphatic heterocycles. The van der Waals surface area contributed by atoms with Crippen LogP contribution >= 0.6 is 11.6 Å². The van der Waals surface area contributed by atoms with E-state index in [9.17, 15) is 9.59 Å². The predicted octanol–water partition coefficient (Wildman–Crippen LogP) is 4.71. The topological polar surface area (TPSA) is 77.1 Å². The Balaban J connectivity index is 1.76. The number of anilines is 1. The normalized spacial score (nSPS) is 10.7. The molecule has 0 spiro atoms. The molecule has 6 nitrogen and oxygen atoms in total. The Kier molecular flexibility index (Phi) is 5.01. The minimum absolute atomic E-state index is 0.241. The van der Waals surface area contributed by atoms with Gasteiger partial charge in [-0.15, -0.1) is 0 Å². The average Bonchev–Trinajstić information content (AvgIpc) is 3.21. The van der Waals surface area contributed by atoms with E-state index in [1.165, 1.54) is 23.0 Å². The molecule has 0 radical (unpaired) electrons. The number of hydrogen-bond acceptors (Lipinski definition) is 4. The molecular weight excluding hydrogens is 390 g/mol. The number of rotatable bonds is 4.